The van der Waals surface area contributed by atoms with E-state index in [1.807, 2.05) is 16.9 Å². The minimum Gasteiger partial charge on any atom is -0.378 e. The molecule has 3 nitrogen and oxygen atoms in total. The molecule has 2 aromatic rings. The van der Waals surface area contributed by atoms with Gasteiger partial charge in [-0.2, -0.15) is 5.10 Å². The summed E-state index contributed by atoms with van der Waals surface area (Å²) < 4.78 is 15.3. The summed E-state index contributed by atoms with van der Waals surface area (Å²) in [6.45, 7) is 6.84. The number of aromatic nitrogens is 2. The summed E-state index contributed by atoms with van der Waals surface area (Å²) >= 11 is 0. The van der Waals surface area contributed by atoms with Crippen molar-refractivity contribution in [2.45, 2.75) is 32.9 Å². The lowest BCUT2D eigenvalue weighted by Gasteiger charge is -2.18. The third-order valence-corrected chi connectivity index (χ3v) is 2.68. The number of halogens is 1. The molecule has 0 spiro atoms. The molecule has 0 aliphatic rings. The van der Waals surface area contributed by atoms with Gasteiger partial charge in [-0.25, -0.2) is 4.39 Å². The number of benzene rings is 1. The number of anilines is 1. The fourth-order valence-corrected chi connectivity index (χ4v) is 1.62. The van der Waals surface area contributed by atoms with Gasteiger partial charge in [0.1, 0.15) is 5.82 Å². The molecule has 1 N–H and O–H groups in total. The van der Waals surface area contributed by atoms with Gasteiger partial charge in [-0.15, -0.1) is 0 Å². The van der Waals surface area contributed by atoms with Crippen LogP contribution in [0.4, 0.5) is 10.1 Å². The van der Waals surface area contributed by atoms with Crippen molar-refractivity contribution in [1.29, 1.82) is 0 Å². The lowest BCUT2D eigenvalue weighted by Crippen LogP contribution is -2.21. The Morgan fingerprint density at radius 1 is 1.28 bits per heavy atom. The van der Waals surface area contributed by atoms with E-state index in [-0.39, 0.29) is 11.4 Å². The molecule has 1 heterocycles. The number of hydrogen-bond acceptors (Lipinski definition) is 2. The summed E-state index contributed by atoms with van der Waals surface area (Å²) in [7, 11) is 0. The molecule has 0 atom stereocenters. The van der Waals surface area contributed by atoms with Crippen LogP contribution in [0.25, 0.3) is 0 Å². The van der Waals surface area contributed by atoms with Crippen molar-refractivity contribution in [3.63, 3.8) is 0 Å². The molecule has 0 aliphatic heterocycles. The van der Waals surface area contributed by atoms with E-state index in [9.17, 15) is 4.39 Å². The Kier molecular flexibility index (Phi) is 3.36. The highest BCUT2D eigenvalue weighted by atomic mass is 19.1. The van der Waals surface area contributed by atoms with Crippen LogP contribution in [0.5, 0.6) is 0 Å². The molecule has 4 heteroatoms. The Balaban J connectivity index is 2.03. The second kappa shape index (κ2) is 4.80. The zero-order valence-corrected chi connectivity index (χ0v) is 10.9. The van der Waals surface area contributed by atoms with Crippen LogP contribution in [0.15, 0.2) is 36.7 Å². The first-order valence-electron chi connectivity index (χ1n) is 5.99. The maximum absolute atomic E-state index is 13.4. The van der Waals surface area contributed by atoms with Crippen LogP contribution in [0.3, 0.4) is 0 Å². The van der Waals surface area contributed by atoms with Crippen molar-refractivity contribution >= 4 is 5.69 Å². The van der Waals surface area contributed by atoms with Crippen LogP contribution in [0, 0.1) is 5.82 Å². The number of nitrogens with zero attached hydrogens (tertiary/aromatic N) is 2. The first-order valence-corrected chi connectivity index (χ1v) is 5.99. The highest BCUT2D eigenvalue weighted by Gasteiger charge is 2.13. The van der Waals surface area contributed by atoms with Gasteiger partial charge < -0.3 is 5.32 Å². The van der Waals surface area contributed by atoms with Gasteiger partial charge >= 0.3 is 0 Å². The minimum atomic E-state index is -0.235. The molecule has 0 saturated carbocycles. The minimum absolute atomic E-state index is 0.0315. The van der Waals surface area contributed by atoms with Crippen LogP contribution in [-0.4, -0.2) is 9.78 Å². The lowest BCUT2D eigenvalue weighted by atomic mass is 10.1. The molecule has 1 aromatic carbocycles. The molecule has 96 valence electrons. The summed E-state index contributed by atoms with van der Waals surface area (Å²) in [6, 6.07) is 6.66. The Labute approximate surface area is 107 Å². The molecule has 0 aliphatic carbocycles. The van der Waals surface area contributed by atoms with Crippen molar-refractivity contribution in [3.05, 3.63) is 48.0 Å². The smallest absolute Gasteiger partial charge is 0.146 e. The summed E-state index contributed by atoms with van der Waals surface area (Å²) in [6.07, 6.45) is 3.78. The van der Waals surface area contributed by atoms with E-state index in [0.717, 1.165) is 5.56 Å². The largest absolute Gasteiger partial charge is 0.378 e. The highest BCUT2D eigenvalue weighted by Crippen LogP contribution is 2.16. The second-order valence-corrected chi connectivity index (χ2v) is 5.30. The van der Waals surface area contributed by atoms with Crippen molar-refractivity contribution in [2.75, 3.05) is 5.32 Å². The molecule has 0 amide bonds. The average Bonchev–Trinajstić information content (AvgIpc) is 2.76. The van der Waals surface area contributed by atoms with E-state index in [1.54, 1.807) is 18.3 Å². The Morgan fingerprint density at radius 2 is 2.00 bits per heavy atom. The predicted octanol–water partition coefficient (Wildman–Crippen LogP) is 3.39. The molecule has 0 radical (unpaired) electrons. The molecule has 18 heavy (non-hydrogen) atoms. The van der Waals surface area contributed by atoms with Gasteiger partial charge in [0.2, 0.25) is 0 Å². The first kappa shape index (κ1) is 12.6. The third kappa shape index (κ3) is 2.88. The Morgan fingerprint density at radius 3 is 2.61 bits per heavy atom. The second-order valence-electron chi connectivity index (χ2n) is 5.30. The lowest BCUT2D eigenvalue weighted by molar-refractivity contribution is 0.355. The standard InChI is InChI=1S/C14H18FN3/c1-14(2,3)18-10-11(9-17-18)8-16-13-7-5-4-6-12(13)15/h4-7,9-10,16H,8H2,1-3H3. The van der Waals surface area contributed by atoms with E-state index in [1.165, 1.54) is 6.07 Å². The van der Waals surface area contributed by atoms with Crippen molar-refractivity contribution in [3.8, 4) is 0 Å². The maximum Gasteiger partial charge on any atom is 0.146 e. The fraction of sp³-hybridized carbons (Fsp3) is 0.357. The monoisotopic (exact) mass is 247 g/mol. The fourth-order valence-electron chi connectivity index (χ4n) is 1.62. The number of hydrogen-bond donors (Lipinski definition) is 1. The van der Waals surface area contributed by atoms with Gasteiger partial charge in [-0.3, -0.25) is 4.68 Å². The van der Waals surface area contributed by atoms with Gasteiger partial charge in [0.15, 0.2) is 0 Å². The molecule has 2 rings (SSSR count). The predicted molar refractivity (Wildman–Crippen MR) is 70.9 cm³/mol. The van der Waals surface area contributed by atoms with E-state index < -0.39 is 0 Å². The highest BCUT2D eigenvalue weighted by molar-refractivity contribution is 5.44. The van der Waals surface area contributed by atoms with Gasteiger partial charge in [-0.05, 0) is 32.9 Å². The summed E-state index contributed by atoms with van der Waals surface area (Å²) in [5, 5.41) is 7.37. The van der Waals surface area contributed by atoms with Crippen molar-refractivity contribution < 1.29 is 4.39 Å². The third-order valence-electron chi connectivity index (χ3n) is 2.68. The molecule has 0 fully saturated rings. The average molecular weight is 247 g/mol. The topological polar surface area (TPSA) is 29.9 Å². The molecular formula is C14H18FN3. The van der Waals surface area contributed by atoms with Crippen LogP contribution < -0.4 is 5.32 Å². The molecule has 0 bridgehead atoms. The quantitative estimate of drug-likeness (QED) is 0.901. The molecule has 1 aromatic heterocycles. The van der Waals surface area contributed by atoms with Gasteiger partial charge in [0.25, 0.3) is 0 Å². The van der Waals surface area contributed by atoms with Crippen molar-refractivity contribution in [1.82, 2.24) is 9.78 Å². The van der Waals surface area contributed by atoms with Gasteiger partial charge in [0.05, 0.1) is 17.4 Å². The summed E-state index contributed by atoms with van der Waals surface area (Å²) in [5.41, 5.74) is 1.52. The van der Waals surface area contributed by atoms with Crippen LogP contribution >= 0.6 is 0 Å². The van der Waals surface area contributed by atoms with Crippen LogP contribution in [0.2, 0.25) is 0 Å². The van der Waals surface area contributed by atoms with Crippen molar-refractivity contribution in [2.24, 2.45) is 0 Å². The zero-order chi connectivity index (χ0) is 13.2. The van der Waals surface area contributed by atoms with Gasteiger partial charge in [0, 0.05) is 18.3 Å². The normalized spacial score (nSPS) is 11.6. The van der Waals surface area contributed by atoms with Crippen LogP contribution in [-0.2, 0) is 12.1 Å². The van der Waals surface area contributed by atoms with E-state index in [0.29, 0.717) is 12.2 Å². The zero-order valence-electron chi connectivity index (χ0n) is 10.9. The van der Waals surface area contributed by atoms with E-state index in [2.05, 4.69) is 31.2 Å². The maximum atomic E-state index is 13.4. The molecule has 0 unspecified atom stereocenters. The molecule has 0 saturated heterocycles. The molecular weight excluding hydrogens is 229 g/mol. The summed E-state index contributed by atoms with van der Waals surface area (Å²) in [4.78, 5) is 0. The van der Waals surface area contributed by atoms with E-state index in [4.69, 9.17) is 0 Å². The van der Waals surface area contributed by atoms with E-state index >= 15 is 0 Å². The number of para-hydroxylation sites is 1. The Hall–Kier alpha value is -1.84. The summed E-state index contributed by atoms with van der Waals surface area (Å²) in [5.74, 6) is -0.235. The van der Waals surface area contributed by atoms with Crippen LogP contribution in [0.1, 0.15) is 26.3 Å². The number of nitrogens with one attached hydrogen (secondary N) is 1. The number of rotatable bonds is 3. The Bertz CT molecular complexity index is 526. The SMILES string of the molecule is CC(C)(C)n1cc(CNc2ccccc2F)cn1. The van der Waals surface area contributed by atoms with Gasteiger partial charge in [-0.1, -0.05) is 12.1 Å². The first-order chi connectivity index (χ1) is 8.47.